The monoisotopic (exact) mass is 763 g/mol. The molecule has 2 aromatic heterocycles. The largest absolute Gasteiger partial charge is 0.340 e. The molecule has 2 aromatic carbocycles. The number of aryl methyl sites for hydroxylation is 1. The molecule has 5 rings (SSSR count). The molecule has 1 aliphatic rings. The number of aromatic nitrogens is 3. The van der Waals surface area contributed by atoms with Gasteiger partial charge < -0.3 is 15.5 Å². The summed E-state index contributed by atoms with van der Waals surface area (Å²) in [7, 11) is 0. The molecule has 0 bridgehead atoms. The van der Waals surface area contributed by atoms with Crippen molar-refractivity contribution in [1.82, 2.24) is 24.8 Å². The van der Waals surface area contributed by atoms with Crippen LogP contribution in [0.15, 0.2) is 140 Å². The molecule has 2 amide bonds. The first kappa shape index (κ1) is 42.2. The molecule has 4 aromatic rings. The van der Waals surface area contributed by atoms with Crippen molar-refractivity contribution in [3.63, 3.8) is 0 Å². The van der Waals surface area contributed by atoms with E-state index in [1.807, 2.05) is 72.5 Å². The number of benzene rings is 2. The van der Waals surface area contributed by atoms with Gasteiger partial charge in [-0.1, -0.05) is 85.9 Å². The first-order valence-electron chi connectivity index (χ1n) is 20.2. The van der Waals surface area contributed by atoms with Crippen LogP contribution in [0.1, 0.15) is 79.8 Å². The Labute approximate surface area is 339 Å². The van der Waals surface area contributed by atoms with E-state index in [0.717, 1.165) is 106 Å². The molecule has 0 saturated carbocycles. The Balaban J connectivity index is 0.963. The molecule has 9 nitrogen and oxygen atoms in total. The van der Waals surface area contributed by atoms with Crippen LogP contribution < -0.4 is 10.6 Å². The second-order valence-corrected chi connectivity index (χ2v) is 14.1. The molecule has 296 valence electrons. The van der Waals surface area contributed by atoms with Gasteiger partial charge in [0.05, 0.1) is 5.69 Å². The number of anilines is 3. The van der Waals surface area contributed by atoms with E-state index in [1.54, 1.807) is 18.6 Å². The van der Waals surface area contributed by atoms with Gasteiger partial charge in [0.25, 0.3) is 5.91 Å². The number of unbranched alkanes of at least 4 members (excludes halogenated alkanes) is 1. The van der Waals surface area contributed by atoms with Crippen LogP contribution in [0.3, 0.4) is 0 Å². The van der Waals surface area contributed by atoms with Gasteiger partial charge in [0, 0.05) is 80.2 Å². The average molecular weight is 764 g/mol. The third-order valence-corrected chi connectivity index (χ3v) is 9.62. The van der Waals surface area contributed by atoms with Crippen LogP contribution in [0.4, 0.5) is 17.3 Å². The van der Waals surface area contributed by atoms with Crippen LogP contribution in [0.25, 0.3) is 11.3 Å². The van der Waals surface area contributed by atoms with E-state index in [2.05, 4.69) is 98.2 Å². The molecule has 9 heteroatoms. The number of hydrogen-bond donors (Lipinski definition) is 2. The minimum atomic E-state index is -0.181. The smallest absolute Gasteiger partial charge is 0.255 e. The molecule has 2 N–H and O–H groups in total. The van der Waals surface area contributed by atoms with Gasteiger partial charge in [-0.25, -0.2) is 9.97 Å². The molecule has 1 saturated heterocycles. The molecule has 0 unspecified atom stereocenters. The molecule has 0 radical (unpaired) electrons. The predicted octanol–water partition coefficient (Wildman–Crippen LogP) is 10.4. The van der Waals surface area contributed by atoms with Crippen LogP contribution >= 0.6 is 0 Å². The summed E-state index contributed by atoms with van der Waals surface area (Å²) in [4.78, 5) is 43.6. The lowest BCUT2D eigenvalue weighted by atomic mass is 10.1. The highest BCUT2D eigenvalue weighted by Gasteiger charge is 2.21. The number of piperazine rings is 1. The van der Waals surface area contributed by atoms with Gasteiger partial charge in [0.2, 0.25) is 11.9 Å². The van der Waals surface area contributed by atoms with E-state index in [1.165, 1.54) is 0 Å². The Morgan fingerprint density at radius 1 is 0.772 bits per heavy atom. The van der Waals surface area contributed by atoms with Crippen LogP contribution in [0, 0.1) is 6.92 Å². The maximum atomic E-state index is 13.2. The summed E-state index contributed by atoms with van der Waals surface area (Å²) in [6.07, 6.45) is 34.6. The zero-order valence-corrected chi connectivity index (χ0v) is 33.5. The van der Waals surface area contributed by atoms with Gasteiger partial charge in [-0.3, -0.25) is 19.5 Å². The Hall–Kier alpha value is -5.93. The summed E-state index contributed by atoms with van der Waals surface area (Å²) < 4.78 is 0. The second kappa shape index (κ2) is 23.9. The number of nitrogens with zero attached hydrogens (tertiary/aromatic N) is 5. The standard InChI is InChI=1S/C48H57N7O2/c1-3-4-5-6-7-8-9-10-11-12-13-14-15-16-17-18-19-22-46(56)55-34-32-54(33-35-55)38-40-24-26-41(27-25-40)47(57)51-43-28-23-39(2)45(36-43)53-48-50-31-29-44(52-48)42-21-20-30-49-37-42/h4-5,7-8,10-11,13-14,16-17,20-21,23-31,36-37H,3,6,9,12,15,18-19,22,32-35,38H2,1-2H3,(H,51,57)(H,50,52,53). The summed E-state index contributed by atoms with van der Waals surface area (Å²) in [5, 5.41) is 6.32. The van der Waals surface area contributed by atoms with E-state index in [-0.39, 0.29) is 11.8 Å². The van der Waals surface area contributed by atoms with E-state index < -0.39 is 0 Å². The highest BCUT2D eigenvalue weighted by atomic mass is 16.2. The predicted molar refractivity (Wildman–Crippen MR) is 234 cm³/mol. The lowest BCUT2D eigenvalue weighted by Crippen LogP contribution is -2.48. The molecule has 0 atom stereocenters. The molecule has 0 spiro atoms. The van der Waals surface area contributed by atoms with E-state index >= 15 is 0 Å². The van der Waals surface area contributed by atoms with E-state index in [9.17, 15) is 9.59 Å². The SMILES string of the molecule is CCC=CCC=CCC=CCC=CCC=CCCCC(=O)N1CCN(Cc2ccc(C(=O)Nc3ccc(C)c(Nc4nccc(-c5cccnc5)n4)c3)cc2)CC1. The third kappa shape index (κ3) is 14.9. The van der Waals surface area contributed by atoms with Gasteiger partial charge in [-0.05, 0) is 105 Å². The van der Waals surface area contributed by atoms with Crippen LogP contribution in [0.5, 0.6) is 0 Å². The number of allylic oxidation sites excluding steroid dienone is 10. The van der Waals surface area contributed by atoms with E-state index in [4.69, 9.17) is 0 Å². The number of carbonyl (C=O) groups is 2. The Bertz CT molecular complexity index is 1990. The highest BCUT2D eigenvalue weighted by molar-refractivity contribution is 6.04. The van der Waals surface area contributed by atoms with Crippen molar-refractivity contribution in [1.29, 1.82) is 0 Å². The van der Waals surface area contributed by atoms with Crippen molar-refractivity contribution < 1.29 is 9.59 Å². The minimum Gasteiger partial charge on any atom is -0.340 e. The first-order valence-corrected chi connectivity index (χ1v) is 20.2. The summed E-state index contributed by atoms with van der Waals surface area (Å²) >= 11 is 0. The quantitative estimate of drug-likeness (QED) is 0.0682. The normalized spacial score (nSPS) is 13.8. The average Bonchev–Trinajstić information content (AvgIpc) is 3.24. The molecule has 1 aliphatic heterocycles. The molecule has 1 fully saturated rings. The number of hydrogen-bond acceptors (Lipinski definition) is 7. The Kier molecular flexibility index (Phi) is 17.7. The summed E-state index contributed by atoms with van der Waals surface area (Å²) in [6.45, 7) is 8.10. The Morgan fingerprint density at radius 3 is 2.12 bits per heavy atom. The molecule has 0 aliphatic carbocycles. The highest BCUT2D eigenvalue weighted by Crippen LogP contribution is 2.25. The lowest BCUT2D eigenvalue weighted by Gasteiger charge is -2.34. The maximum Gasteiger partial charge on any atom is 0.255 e. The zero-order valence-electron chi connectivity index (χ0n) is 33.5. The van der Waals surface area contributed by atoms with Gasteiger partial charge in [0.15, 0.2) is 0 Å². The molecule has 57 heavy (non-hydrogen) atoms. The second-order valence-electron chi connectivity index (χ2n) is 14.1. The van der Waals surface area contributed by atoms with Crippen LogP contribution in [0.2, 0.25) is 0 Å². The number of amides is 2. The van der Waals surface area contributed by atoms with Crippen molar-refractivity contribution in [2.75, 3.05) is 36.8 Å². The number of pyridine rings is 1. The van der Waals surface area contributed by atoms with Crippen LogP contribution in [-0.4, -0.2) is 62.7 Å². The molecule has 3 heterocycles. The van der Waals surface area contributed by atoms with Crippen molar-refractivity contribution in [2.24, 2.45) is 0 Å². The summed E-state index contributed by atoms with van der Waals surface area (Å²) in [5.74, 6) is 0.524. The van der Waals surface area contributed by atoms with Gasteiger partial charge in [0.1, 0.15) is 0 Å². The van der Waals surface area contributed by atoms with Gasteiger partial charge in [-0.2, -0.15) is 0 Å². The summed E-state index contributed by atoms with van der Waals surface area (Å²) in [5.41, 5.74) is 5.86. The third-order valence-electron chi connectivity index (χ3n) is 9.62. The fourth-order valence-electron chi connectivity index (χ4n) is 6.33. The minimum absolute atomic E-state index is 0.181. The molecular formula is C48H57N7O2. The summed E-state index contributed by atoms with van der Waals surface area (Å²) in [6, 6.07) is 19.1. The molecular weight excluding hydrogens is 707 g/mol. The number of nitrogens with one attached hydrogen (secondary N) is 2. The first-order chi connectivity index (χ1) is 28.0. The van der Waals surface area contributed by atoms with Gasteiger partial charge >= 0.3 is 0 Å². The van der Waals surface area contributed by atoms with Crippen molar-refractivity contribution in [3.05, 3.63) is 157 Å². The van der Waals surface area contributed by atoms with Crippen molar-refractivity contribution in [2.45, 2.75) is 71.8 Å². The van der Waals surface area contributed by atoms with Crippen LogP contribution in [-0.2, 0) is 11.3 Å². The maximum absolute atomic E-state index is 13.2. The lowest BCUT2D eigenvalue weighted by molar-refractivity contribution is -0.133. The zero-order chi connectivity index (χ0) is 39.9. The fraction of sp³-hybridized carbons (Fsp3) is 0.312. The van der Waals surface area contributed by atoms with E-state index in [0.29, 0.717) is 23.6 Å². The van der Waals surface area contributed by atoms with Crippen molar-refractivity contribution in [3.8, 4) is 11.3 Å². The van der Waals surface area contributed by atoms with Crippen molar-refractivity contribution >= 4 is 29.1 Å². The van der Waals surface area contributed by atoms with Gasteiger partial charge in [-0.15, -0.1) is 0 Å². The number of rotatable bonds is 20. The fourth-order valence-corrected chi connectivity index (χ4v) is 6.33. The topological polar surface area (TPSA) is 103 Å². The number of carbonyl (C=O) groups excluding carboxylic acids is 2. The Morgan fingerprint density at radius 2 is 1.46 bits per heavy atom.